The van der Waals surface area contributed by atoms with Crippen molar-refractivity contribution in [3.8, 4) is 11.5 Å². The molecule has 1 fully saturated rings. The molecule has 0 saturated carbocycles. The summed E-state index contributed by atoms with van der Waals surface area (Å²) in [5.74, 6) is 1.26. The van der Waals surface area contributed by atoms with Gasteiger partial charge in [-0.1, -0.05) is 5.16 Å². The summed E-state index contributed by atoms with van der Waals surface area (Å²) in [5, 5.41) is 15.8. The third kappa shape index (κ3) is 5.18. The van der Waals surface area contributed by atoms with Crippen LogP contribution in [0.5, 0.6) is 0 Å². The Balaban J connectivity index is 1.55. The Bertz CT molecular complexity index is 1050. The monoisotopic (exact) mass is 461 g/mol. The molecule has 4 rings (SSSR count). The van der Waals surface area contributed by atoms with Crippen LogP contribution in [0.3, 0.4) is 0 Å². The molecule has 1 amide bonds. The van der Waals surface area contributed by atoms with Gasteiger partial charge in [-0.2, -0.15) is 10.1 Å². The maximum absolute atomic E-state index is 11.9. The molecule has 1 saturated heterocycles. The third-order valence-corrected chi connectivity index (χ3v) is 5.73. The van der Waals surface area contributed by atoms with Crippen molar-refractivity contribution < 1.29 is 14.1 Å². The number of carbonyl (C=O) groups is 1. The fourth-order valence-corrected chi connectivity index (χ4v) is 3.89. The van der Waals surface area contributed by atoms with Gasteiger partial charge >= 0.3 is 0 Å². The standard InChI is InChI=1S/C21H28ClN7O3/c1-2-29-20-15(12-25-29)19(26-14-6-9-31-10-7-14)16(11-24-20)21-27-17(28-32-21)13-23-18(30)5-3-4-8-22/h11-12,14H,2-10,13H2,1H3,(H,23,30)(H,24,26). The van der Waals surface area contributed by atoms with Gasteiger partial charge in [0, 0.05) is 44.3 Å². The Hall–Kier alpha value is -2.72. The quantitative estimate of drug-likeness (QED) is 0.349. The number of nitrogens with zero attached hydrogens (tertiary/aromatic N) is 5. The molecule has 0 aromatic carbocycles. The van der Waals surface area contributed by atoms with Crippen molar-refractivity contribution in [1.82, 2.24) is 30.2 Å². The molecule has 172 valence electrons. The molecule has 0 aliphatic carbocycles. The number of amides is 1. The summed E-state index contributed by atoms with van der Waals surface area (Å²) in [6.07, 6.45) is 7.37. The van der Waals surface area contributed by atoms with Crippen LogP contribution < -0.4 is 10.6 Å². The summed E-state index contributed by atoms with van der Waals surface area (Å²) in [6, 6.07) is 0.271. The summed E-state index contributed by atoms with van der Waals surface area (Å²) >= 11 is 5.65. The molecule has 0 atom stereocenters. The Kier molecular flexibility index (Phi) is 7.54. The fourth-order valence-electron chi connectivity index (χ4n) is 3.70. The SMILES string of the molecule is CCn1ncc2c(NC3CCOCC3)c(-c3nc(CNC(=O)CCCCCl)no3)cnc21. The van der Waals surface area contributed by atoms with Gasteiger partial charge in [0.15, 0.2) is 11.5 Å². The van der Waals surface area contributed by atoms with E-state index >= 15 is 0 Å². The van der Waals surface area contributed by atoms with Crippen LogP contribution in [0.15, 0.2) is 16.9 Å². The molecule has 0 bridgehead atoms. The molecule has 11 heteroatoms. The zero-order valence-corrected chi connectivity index (χ0v) is 18.9. The van der Waals surface area contributed by atoms with Gasteiger partial charge < -0.3 is 19.9 Å². The number of pyridine rings is 1. The number of anilines is 1. The molecular weight excluding hydrogens is 434 g/mol. The molecule has 32 heavy (non-hydrogen) atoms. The molecular formula is C21H28ClN7O3. The van der Waals surface area contributed by atoms with Gasteiger partial charge in [-0.15, -0.1) is 11.6 Å². The van der Waals surface area contributed by atoms with Crippen LogP contribution in [0.1, 0.15) is 44.9 Å². The summed E-state index contributed by atoms with van der Waals surface area (Å²) in [7, 11) is 0. The Morgan fingerprint density at radius 2 is 2.12 bits per heavy atom. The van der Waals surface area contributed by atoms with Crippen molar-refractivity contribution >= 4 is 34.2 Å². The maximum atomic E-state index is 11.9. The molecule has 0 radical (unpaired) electrons. The van der Waals surface area contributed by atoms with E-state index in [1.165, 1.54) is 0 Å². The zero-order chi connectivity index (χ0) is 22.3. The molecule has 3 aromatic heterocycles. The van der Waals surface area contributed by atoms with Crippen molar-refractivity contribution in [3.63, 3.8) is 0 Å². The second-order valence-electron chi connectivity index (χ2n) is 7.71. The first-order valence-electron chi connectivity index (χ1n) is 11.0. The van der Waals surface area contributed by atoms with Crippen LogP contribution in [0.4, 0.5) is 5.69 Å². The van der Waals surface area contributed by atoms with Crippen LogP contribution in [-0.4, -0.2) is 55.9 Å². The van der Waals surface area contributed by atoms with E-state index < -0.39 is 0 Å². The number of aryl methyl sites for hydroxylation is 1. The van der Waals surface area contributed by atoms with E-state index in [1.807, 2.05) is 17.8 Å². The van der Waals surface area contributed by atoms with E-state index in [2.05, 4.69) is 30.9 Å². The minimum atomic E-state index is -0.0570. The average molecular weight is 462 g/mol. The number of unbranched alkanes of at least 4 members (excludes halogenated alkanes) is 1. The van der Waals surface area contributed by atoms with Gasteiger partial charge in [0.05, 0.1) is 29.4 Å². The normalized spacial score (nSPS) is 14.7. The first-order chi connectivity index (χ1) is 15.7. The second-order valence-corrected chi connectivity index (χ2v) is 8.09. The minimum absolute atomic E-state index is 0.0570. The van der Waals surface area contributed by atoms with Crippen molar-refractivity contribution in [2.24, 2.45) is 0 Å². The fraction of sp³-hybridized carbons (Fsp3) is 0.571. The lowest BCUT2D eigenvalue weighted by atomic mass is 10.1. The predicted molar refractivity (Wildman–Crippen MR) is 120 cm³/mol. The summed E-state index contributed by atoms with van der Waals surface area (Å²) in [6.45, 7) is 4.41. The lowest BCUT2D eigenvalue weighted by molar-refractivity contribution is -0.121. The molecule has 4 heterocycles. The second kappa shape index (κ2) is 10.7. The number of carbonyl (C=O) groups excluding carboxylic acids is 1. The first kappa shape index (κ1) is 22.5. The number of halogens is 1. The lowest BCUT2D eigenvalue weighted by Gasteiger charge is -2.25. The van der Waals surface area contributed by atoms with E-state index in [-0.39, 0.29) is 18.5 Å². The van der Waals surface area contributed by atoms with Crippen LogP contribution in [-0.2, 0) is 22.6 Å². The van der Waals surface area contributed by atoms with Gasteiger partial charge in [0.1, 0.15) is 0 Å². The third-order valence-electron chi connectivity index (χ3n) is 5.47. The van der Waals surface area contributed by atoms with Crippen molar-refractivity contribution in [2.45, 2.75) is 58.2 Å². The topological polar surface area (TPSA) is 120 Å². The van der Waals surface area contributed by atoms with Crippen LogP contribution in [0, 0.1) is 0 Å². The summed E-state index contributed by atoms with van der Waals surface area (Å²) in [4.78, 5) is 21.0. The highest BCUT2D eigenvalue weighted by molar-refractivity contribution is 6.17. The average Bonchev–Trinajstić information content (AvgIpc) is 3.46. The van der Waals surface area contributed by atoms with Gasteiger partial charge in [0.25, 0.3) is 5.89 Å². The van der Waals surface area contributed by atoms with Gasteiger partial charge in [-0.25, -0.2) is 9.67 Å². The Morgan fingerprint density at radius 1 is 1.28 bits per heavy atom. The van der Waals surface area contributed by atoms with E-state index in [9.17, 15) is 4.79 Å². The van der Waals surface area contributed by atoms with E-state index in [0.29, 0.717) is 29.6 Å². The highest BCUT2D eigenvalue weighted by Gasteiger charge is 2.22. The van der Waals surface area contributed by atoms with E-state index in [0.717, 1.165) is 62.2 Å². The number of nitrogens with one attached hydrogen (secondary N) is 2. The molecule has 0 spiro atoms. The number of fused-ring (bicyclic) bond motifs is 1. The lowest BCUT2D eigenvalue weighted by Crippen LogP contribution is -2.28. The highest BCUT2D eigenvalue weighted by atomic mass is 35.5. The first-order valence-corrected chi connectivity index (χ1v) is 11.6. The van der Waals surface area contributed by atoms with Crippen molar-refractivity contribution in [1.29, 1.82) is 0 Å². The van der Waals surface area contributed by atoms with Crippen molar-refractivity contribution in [3.05, 3.63) is 18.2 Å². The summed E-state index contributed by atoms with van der Waals surface area (Å²) in [5.41, 5.74) is 2.39. The highest BCUT2D eigenvalue weighted by Crippen LogP contribution is 2.34. The van der Waals surface area contributed by atoms with Gasteiger partial charge in [-0.05, 0) is 32.6 Å². The maximum Gasteiger partial charge on any atom is 0.261 e. The largest absolute Gasteiger partial charge is 0.381 e. The number of ether oxygens (including phenoxy) is 1. The molecule has 2 N–H and O–H groups in total. The number of aromatic nitrogens is 5. The number of hydrogen-bond acceptors (Lipinski definition) is 8. The van der Waals surface area contributed by atoms with Crippen LogP contribution in [0.25, 0.3) is 22.5 Å². The smallest absolute Gasteiger partial charge is 0.261 e. The zero-order valence-electron chi connectivity index (χ0n) is 18.1. The van der Waals surface area contributed by atoms with Gasteiger partial charge in [0.2, 0.25) is 5.91 Å². The molecule has 0 unspecified atom stereocenters. The van der Waals surface area contributed by atoms with Crippen LogP contribution in [0.2, 0.25) is 0 Å². The van der Waals surface area contributed by atoms with E-state index in [4.69, 9.17) is 20.9 Å². The predicted octanol–water partition coefficient (Wildman–Crippen LogP) is 3.12. The summed E-state index contributed by atoms with van der Waals surface area (Å²) < 4.78 is 12.9. The number of alkyl halides is 1. The minimum Gasteiger partial charge on any atom is -0.381 e. The molecule has 3 aromatic rings. The van der Waals surface area contributed by atoms with Crippen molar-refractivity contribution in [2.75, 3.05) is 24.4 Å². The Morgan fingerprint density at radius 3 is 2.91 bits per heavy atom. The number of rotatable bonds is 10. The van der Waals surface area contributed by atoms with Crippen LogP contribution >= 0.6 is 11.6 Å². The molecule has 1 aliphatic heterocycles. The molecule has 1 aliphatic rings. The number of hydrogen-bond donors (Lipinski definition) is 2. The molecule has 10 nitrogen and oxygen atoms in total. The Labute approximate surface area is 191 Å². The van der Waals surface area contributed by atoms with Gasteiger partial charge in [-0.3, -0.25) is 4.79 Å². The van der Waals surface area contributed by atoms with E-state index in [1.54, 1.807) is 6.20 Å².